The minimum absolute atomic E-state index is 0.752. The van der Waals surface area contributed by atoms with Crippen LogP contribution in [0.25, 0.3) is 0 Å². The Bertz CT molecular complexity index is 185. The summed E-state index contributed by atoms with van der Waals surface area (Å²) in [5, 5.41) is 8.08. The van der Waals surface area contributed by atoms with E-state index in [1.54, 1.807) is 11.4 Å². The molecule has 2 aliphatic carbocycles. The van der Waals surface area contributed by atoms with Crippen molar-refractivity contribution in [1.29, 1.82) is 5.16 Å². The molecule has 0 aromatic heterocycles. The van der Waals surface area contributed by atoms with Gasteiger partial charge in [-0.3, -0.25) is 0 Å². The van der Waals surface area contributed by atoms with Crippen LogP contribution in [0.2, 0.25) is 0 Å². The molecule has 0 aliphatic heterocycles. The topological polar surface area (TPSA) is 49.9 Å². The van der Waals surface area contributed by atoms with Crippen LogP contribution in [0.5, 0.6) is 0 Å². The molecule has 0 spiro atoms. The molecule has 2 saturated carbocycles. The van der Waals surface area contributed by atoms with Gasteiger partial charge < -0.3 is 0 Å². The lowest BCUT2D eigenvalue weighted by molar-refractivity contribution is 0.493. The second-order valence-electron chi connectivity index (χ2n) is 3.64. The number of nitrogens with one attached hydrogen (secondary N) is 1. The monoisotopic (exact) mass is 189 g/mol. The first-order valence-corrected chi connectivity index (χ1v) is 7.08. The summed E-state index contributed by atoms with van der Waals surface area (Å²) >= 11 is 1.73. The third kappa shape index (κ3) is 1.61. The minimum Gasteiger partial charge on any atom is -0.128 e. The van der Waals surface area contributed by atoms with Crippen molar-refractivity contribution in [3.8, 4) is 0 Å². The van der Waals surface area contributed by atoms with E-state index in [1.807, 2.05) is 0 Å². The number of nitrogens with two attached hydrogens (primary N) is 1. The Balaban J connectivity index is 1.92. The quantitative estimate of drug-likeness (QED) is 0.656. The van der Waals surface area contributed by atoms with Gasteiger partial charge >= 0.3 is 7.07 Å². The van der Waals surface area contributed by atoms with Gasteiger partial charge in [-0.2, -0.15) is 0 Å². The van der Waals surface area contributed by atoms with E-state index in [9.17, 15) is 0 Å². The molecule has 2 bridgehead atoms. The zero-order chi connectivity index (χ0) is 7.84. The summed E-state index contributed by atoms with van der Waals surface area (Å²) in [5.41, 5.74) is 5.50. The van der Waals surface area contributed by atoms with Gasteiger partial charge in [-0.1, -0.05) is 11.6 Å². The van der Waals surface area contributed by atoms with Gasteiger partial charge in [-0.05, 0) is 31.1 Å². The molecular weight excluding hydrogens is 175 g/mol. The summed E-state index contributed by atoms with van der Waals surface area (Å²) < 4.78 is 0. The van der Waals surface area contributed by atoms with Crippen molar-refractivity contribution >= 4 is 18.4 Å². The highest BCUT2D eigenvalue weighted by Gasteiger charge is 2.42. The van der Waals surface area contributed by atoms with Crippen LogP contribution in [0.1, 0.15) is 25.7 Å². The van der Waals surface area contributed by atoms with Crippen molar-refractivity contribution in [3.05, 3.63) is 0 Å². The van der Waals surface area contributed by atoms with Crippen LogP contribution in [0.15, 0.2) is 0 Å². The largest absolute Gasteiger partial charge is 0.363 e. The summed E-state index contributed by atoms with van der Waals surface area (Å²) in [5.74, 6) is 1.91. The lowest BCUT2D eigenvalue weighted by Crippen LogP contribution is -2.11. The molecule has 2 rings (SSSR count). The molecule has 2 nitrogen and oxygen atoms in total. The summed E-state index contributed by atoms with van der Waals surface area (Å²) in [6.45, 7) is 0. The Labute approximate surface area is 72.4 Å². The van der Waals surface area contributed by atoms with E-state index in [2.05, 4.69) is 0 Å². The van der Waals surface area contributed by atoms with Crippen LogP contribution in [0, 0.1) is 17.0 Å². The van der Waals surface area contributed by atoms with Gasteiger partial charge in [-0.25, -0.2) is 0 Å². The first kappa shape index (κ1) is 8.03. The summed E-state index contributed by atoms with van der Waals surface area (Å²) in [4.78, 5) is 0. The standard InChI is InChI=1S/C7H14N2PS/c8-10(9)11-7-4-5-1-2-6(7)3-5/h5-7H,1-4H2,(H3,8,9)/q+1. The van der Waals surface area contributed by atoms with E-state index < -0.39 is 7.07 Å². The molecule has 4 heteroatoms. The molecular formula is C7H14N2PS+. The van der Waals surface area contributed by atoms with Crippen molar-refractivity contribution in [1.82, 2.24) is 0 Å². The third-order valence-corrected chi connectivity index (χ3v) is 5.49. The van der Waals surface area contributed by atoms with Gasteiger partial charge in [0.1, 0.15) is 11.4 Å². The van der Waals surface area contributed by atoms with Gasteiger partial charge in [0.25, 0.3) is 0 Å². The van der Waals surface area contributed by atoms with Crippen LogP contribution < -0.4 is 5.50 Å². The Kier molecular flexibility index (Phi) is 2.22. The second kappa shape index (κ2) is 3.04. The number of hydrogen-bond acceptors (Lipinski definition) is 2. The van der Waals surface area contributed by atoms with E-state index in [0.717, 1.165) is 17.1 Å². The lowest BCUT2D eigenvalue weighted by atomic mass is 10.0. The highest BCUT2D eigenvalue weighted by atomic mass is 32.7. The van der Waals surface area contributed by atoms with Crippen LogP contribution in [0.3, 0.4) is 0 Å². The Morgan fingerprint density at radius 2 is 2.18 bits per heavy atom. The van der Waals surface area contributed by atoms with Gasteiger partial charge in [0.2, 0.25) is 0 Å². The molecule has 11 heavy (non-hydrogen) atoms. The summed E-state index contributed by atoms with van der Waals surface area (Å²) in [6.07, 6.45) is 5.64. The van der Waals surface area contributed by atoms with Crippen LogP contribution in [-0.2, 0) is 0 Å². The molecule has 0 heterocycles. The molecule has 4 atom stereocenters. The molecule has 0 saturated heterocycles. The van der Waals surface area contributed by atoms with E-state index in [4.69, 9.17) is 10.7 Å². The van der Waals surface area contributed by atoms with Crippen molar-refractivity contribution in [3.63, 3.8) is 0 Å². The molecule has 0 aromatic rings. The van der Waals surface area contributed by atoms with Gasteiger partial charge in [0.15, 0.2) is 0 Å². The molecule has 62 valence electrons. The van der Waals surface area contributed by atoms with Gasteiger partial charge in [0.05, 0.1) is 5.25 Å². The van der Waals surface area contributed by atoms with Gasteiger partial charge in [-0.15, -0.1) is 5.50 Å². The Hall–Kier alpha value is 0.410. The van der Waals surface area contributed by atoms with Crippen molar-refractivity contribution in [2.75, 3.05) is 0 Å². The first-order valence-electron chi connectivity index (χ1n) is 4.18. The first-order chi connectivity index (χ1) is 5.25. The maximum atomic E-state index is 7.33. The molecule has 0 aromatic carbocycles. The molecule has 2 fully saturated rings. The molecule has 4 unspecified atom stereocenters. The Morgan fingerprint density at radius 3 is 2.64 bits per heavy atom. The highest BCUT2D eigenvalue weighted by molar-refractivity contribution is 8.51. The van der Waals surface area contributed by atoms with E-state index in [1.165, 1.54) is 25.7 Å². The summed E-state index contributed by atoms with van der Waals surface area (Å²) in [7, 11) is -0.957. The van der Waals surface area contributed by atoms with E-state index >= 15 is 0 Å². The van der Waals surface area contributed by atoms with Crippen LogP contribution >= 0.6 is 18.4 Å². The number of fused-ring (bicyclic) bond motifs is 2. The summed E-state index contributed by atoms with van der Waals surface area (Å²) in [6, 6.07) is 0. The average molecular weight is 189 g/mol. The average Bonchev–Trinajstić information content (AvgIpc) is 2.45. The normalized spacial score (nSPS) is 43.0. The maximum absolute atomic E-state index is 7.33. The fraction of sp³-hybridized carbons (Fsp3) is 1.00. The van der Waals surface area contributed by atoms with Crippen LogP contribution in [0.4, 0.5) is 0 Å². The van der Waals surface area contributed by atoms with Crippen LogP contribution in [-0.4, -0.2) is 5.25 Å². The zero-order valence-electron chi connectivity index (χ0n) is 6.49. The minimum atomic E-state index is -0.957. The second-order valence-corrected chi connectivity index (χ2v) is 6.93. The smallest absolute Gasteiger partial charge is 0.128 e. The van der Waals surface area contributed by atoms with Crippen molar-refractivity contribution < 1.29 is 0 Å². The maximum Gasteiger partial charge on any atom is 0.363 e. The fourth-order valence-corrected chi connectivity index (χ4v) is 5.18. The molecule has 2 aliphatic rings. The fourth-order valence-electron chi connectivity index (χ4n) is 2.46. The Morgan fingerprint density at radius 1 is 1.36 bits per heavy atom. The predicted octanol–water partition coefficient (Wildman–Crippen LogP) is 2.94. The van der Waals surface area contributed by atoms with Crippen molar-refractivity contribution in [2.24, 2.45) is 17.3 Å². The predicted molar refractivity (Wildman–Crippen MR) is 50.7 cm³/mol. The number of hydrogen-bond donors (Lipinski definition) is 2. The third-order valence-electron chi connectivity index (χ3n) is 2.92. The molecule has 0 amide bonds. The molecule has 0 radical (unpaired) electrons. The van der Waals surface area contributed by atoms with E-state index in [0.29, 0.717) is 0 Å². The lowest BCUT2D eigenvalue weighted by Gasteiger charge is -2.15. The van der Waals surface area contributed by atoms with E-state index in [-0.39, 0.29) is 0 Å². The zero-order valence-corrected chi connectivity index (χ0v) is 8.20. The highest BCUT2D eigenvalue weighted by Crippen LogP contribution is 2.53. The molecule has 3 N–H and O–H groups in total. The number of rotatable bonds is 2. The SMILES string of the molecule is N=[P+](N)SC1CC2CCC1C2. The van der Waals surface area contributed by atoms with Crippen molar-refractivity contribution in [2.45, 2.75) is 30.9 Å². The van der Waals surface area contributed by atoms with Gasteiger partial charge in [0, 0.05) is 0 Å².